The normalized spacial score (nSPS) is 14.9. The molecule has 11 heteroatoms. The average Bonchev–Trinajstić information content (AvgIpc) is 3.32. The summed E-state index contributed by atoms with van der Waals surface area (Å²) < 4.78 is 41.4. The zero-order valence-electron chi connectivity index (χ0n) is 20.4. The second-order valence-electron chi connectivity index (χ2n) is 8.80. The van der Waals surface area contributed by atoms with Gasteiger partial charge in [0.15, 0.2) is 11.6 Å². The van der Waals surface area contributed by atoms with Crippen LogP contribution >= 0.6 is 0 Å². The highest BCUT2D eigenvalue weighted by Crippen LogP contribution is 2.27. The maximum atomic E-state index is 15.0. The molecule has 0 radical (unpaired) electrons. The fraction of sp³-hybridized carbons (Fsp3) is 0.308. The molecule has 4 aromatic rings. The minimum atomic E-state index is -0.754. The van der Waals surface area contributed by atoms with E-state index < -0.39 is 23.6 Å². The Morgan fingerprint density at radius 2 is 1.97 bits per heavy atom. The number of aryl methyl sites for hydroxylation is 1. The van der Waals surface area contributed by atoms with Crippen LogP contribution in [0.15, 0.2) is 48.8 Å². The summed E-state index contributed by atoms with van der Waals surface area (Å²) in [6.07, 6.45) is 4.62. The molecule has 1 amide bonds. The van der Waals surface area contributed by atoms with Crippen LogP contribution in [0, 0.1) is 11.6 Å². The molecule has 1 aliphatic rings. The van der Waals surface area contributed by atoms with E-state index in [1.165, 1.54) is 31.5 Å². The Hall–Kier alpha value is -4.12. The Kier molecular flexibility index (Phi) is 6.95. The summed E-state index contributed by atoms with van der Waals surface area (Å²) in [6.45, 7) is 1.31. The summed E-state index contributed by atoms with van der Waals surface area (Å²) in [5, 5.41) is 10.5. The number of halogens is 2. The first-order valence-corrected chi connectivity index (χ1v) is 11.9. The van der Waals surface area contributed by atoms with Gasteiger partial charge in [-0.1, -0.05) is 6.07 Å². The van der Waals surface area contributed by atoms with E-state index in [0.29, 0.717) is 35.9 Å². The third kappa shape index (κ3) is 5.21. The number of benzene rings is 2. The lowest BCUT2D eigenvalue weighted by Gasteiger charge is -2.23. The summed E-state index contributed by atoms with van der Waals surface area (Å²) in [7, 11) is 3.09. The van der Waals surface area contributed by atoms with Crippen molar-refractivity contribution in [3.8, 4) is 5.75 Å². The van der Waals surface area contributed by atoms with E-state index in [1.54, 1.807) is 30.1 Å². The second-order valence-corrected chi connectivity index (χ2v) is 8.80. The largest absolute Gasteiger partial charge is 0.494 e. The third-order valence-corrected chi connectivity index (χ3v) is 6.41. The van der Waals surface area contributed by atoms with Crippen LogP contribution in [0.1, 0.15) is 40.5 Å². The van der Waals surface area contributed by atoms with Crippen LogP contribution in [0.2, 0.25) is 0 Å². The van der Waals surface area contributed by atoms with Crippen molar-refractivity contribution in [1.82, 2.24) is 25.1 Å². The molecule has 2 aromatic heterocycles. The van der Waals surface area contributed by atoms with Crippen LogP contribution < -0.4 is 15.4 Å². The molecule has 9 nitrogen and oxygen atoms in total. The van der Waals surface area contributed by atoms with Gasteiger partial charge in [0.05, 0.1) is 29.7 Å². The molecule has 1 unspecified atom stereocenters. The number of hydrogen-bond donors (Lipinski definition) is 2. The van der Waals surface area contributed by atoms with Gasteiger partial charge in [-0.2, -0.15) is 5.10 Å². The molecule has 3 heterocycles. The van der Waals surface area contributed by atoms with Gasteiger partial charge in [0, 0.05) is 44.3 Å². The lowest BCUT2D eigenvalue weighted by Crippen LogP contribution is -2.31. The van der Waals surface area contributed by atoms with Crippen LogP contribution in [-0.2, 0) is 11.8 Å². The number of amides is 1. The van der Waals surface area contributed by atoms with Crippen molar-refractivity contribution < 1.29 is 23.0 Å². The van der Waals surface area contributed by atoms with E-state index in [-0.39, 0.29) is 22.7 Å². The first-order valence-electron chi connectivity index (χ1n) is 11.9. The SMILES string of the molecule is COc1ccc(C(NC(=O)c2cc(F)c3cnc(NC4CCOCC4)nc3c2)c2ccnn2C)cc1F. The number of ether oxygens (including phenoxy) is 2. The van der Waals surface area contributed by atoms with Gasteiger partial charge >= 0.3 is 0 Å². The quantitative estimate of drug-likeness (QED) is 0.392. The lowest BCUT2D eigenvalue weighted by molar-refractivity contribution is 0.0903. The number of hydrogen-bond acceptors (Lipinski definition) is 7. The van der Waals surface area contributed by atoms with Crippen molar-refractivity contribution in [2.45, 2.75) is 24.9 Å². The Morgan fingerprint density at radius 1 is 1.16 bits per heavy atom. The van der Waals surface area contributed by atoms with Gasteiger partial charge < -0.3 is 20.1 Å². The van der Waals surface area contributed by atoms with Crippen LogP contribution in [0.5, 0.6) is 5.75 Å². The van der Waals surface area contributed by atoms with Gasteiger partial charge in [-0.05, 0) is 48.7 Å². The number of nitrogens with zero attached hydrogens (tertiary/aromatic N) is 4. The van der Waals surface area contributed by atoms with Gasteiger partial charge in [0.25, 0.3) is 5.91 Å². The Balaban J connectivity index is 1.45. The van der Waals surface area contributed by atoms with E-state index in [1.807, 2.05) is 0 Å². The van der Waals surface area contributed by atoms with Crippen molar-refractivity contribution >= 4 is 22.8 Å². The maximum absolute atomic E-state index is 15.0. The molecule has 2 N–H and O–H groups in total. The molecule has 0 bridgehead atoms. The number of anilines is 1. The van der Waals surface area contributed by atoms with E-state index in [9.17, 15) is 13.6 Å². The van der Waals surface area contributed by atoms with Crippen molar-refractivity contribution in [3.63, 3.8) is 0 Å². The minimum absolute atomic E-state index is 0.0712. The van der Waals surface area contributed by atoms with Crippen LogP contribution in [0.3, 0.4) is 0 Å². The summed E-state index contributed by atoms with van der Waals surface area (Å²) in [5.74, 6) is -1.30. The highest BCUT2D eigenvalue weighted by atomic mass is 19.1. The van der Waals surface area contributed by atoms with Crippen LogP contribution in [-0.4, -0.2) is 52.0 Å². The molecule has 1 aliphatic heterocycles. The summed E-state index contributed by atoms with van der Waals surface area (Å²) >= 11 is 0. The minimum Gasteiger partial charge on any atom is -0.494 e. The molecule has 1 saturated heterocycles. The van der Waals surface area contributed by atoms with Crippen molar-refractivity contribution in [2.75, 3.05) is 25.6 Å². The number of aromatic nitrogens is 4. The van der Waals surface area contributed by atoms with Crippen molar-refractivity contribution in [1.29, 1.82) is 0 Å². The number of rotatable bonds is 7. The molecule has 37 heavy (non-hydrogen) atoms. The smallest absolute Gasteiger partial charge is 0.252 e. The molecule has 2 aromatic carbocycles. The van der Waals surface area contributed by atoms with E-state index in [2.05, 4.69) is 25.7 Å². The van der Waals surface area contributed by atoms with Crippen LogP contribution in [0.4, 0.5) is 14.7 Å². The highest BCUT2D eigenvalue weighted by Gasteiger charge is 2.23. The van der Waals surface area contributed by atoms with Gasteiger partial charge in [-0.3, -0.25) is 9.48 Å². The summed E-state index contributed by atoms with van der Waals surface area (Å²) in [6, 6.07) is 8.21. The van der Waals surface area contributed by atoms with Gasteiger partial charge in [0.1, 0.15) is 5.82 Å². The summed E-state index contributed by atoms with van der Waals surface area (Å²) in [4.78, 5) is 22.0. The topological polar surface area (TPSA) is 103 Å². The molecule has 1 fully saturated rings. The molecular formula is C26H26F2N6O3. The first-order chi connectivity index (χ1) is 17.9. The zero-order chi connectivity index (χ0) is 25.9. The average molecular weight is 509 g/mol. The Morgan fingerprint density at radius 3 is 2.68 bits per heavy atom. The fourth-order valence-electron chi connectivity index (χ4n) is 4.39. The highest BCUT2D eigenvalue weighted by molar-refractivity contribution is 5.98. The van der Waals surface area contributed by atoms with Gasteiger partial charge in [-0.25, -0.2) is 18.7 Å². The van der Waals surface area contributed by atoms with E-state index in [0.717, 1.165) is 18.9 Å². The molecule has 0 saturated carbocycles. The third-order valence-electron chi connectivity index (χ3n) is 6.41. The van der Waals surface area contributed by atoms with Gasteiger partial charge in [0.2, 0.25) is 5.95 Å². The standard InChI is InChI=1S/C26H26F2N6O3/c1-34-22(5-8-30-34)24(15-3-4-23(36-2)20(28)11-15)33-25(35)16-12-19(27)18-14-29-26(32-21(18)13-16)31-17-6-9-37-10-7-17/h3-5,8,11-14,17,24H,6-7,9-10H2,1-2H3,(H,33,35)(H,29,31,32). The predicted molar refractivity (Wildman–Crippen MR) is 132 cm³/mol. The number of fused-ring (bicyclic) bond motifs is 1. The first kappa shape index (κ1) is 24.6. The molecule has 0 spiro atoms. The molecule has 192 valence electrons. The summed E-state index contributed by atoms with van der Waals surface area (Å²) in [5.41, 5.74) is 1.45. The van der Waals surface area contributed by atoms with Crippen LogP contribution in [0.25, 0.3) is 10.9 Å². The maximum Gasteiger partial charge on any atom is 0.252 e. The predicted octanol–water partition coefficient (Wildman–Crippen LogP) is 3.76. The van der Waals surface area contributed by atoms with Crippen molar-refractivity contribution in [3.05, 3.63) is 77.2 Å². The number of carbonyl (C=O) groups is 1. The number of nitrogens with one attached hydrogen (secondary N) is 2. The van der Waals surface area contributed by atoms with E-state index >= 15 is 0 Å². The molecule has 5 rings (SSSR count). The lowest BCUT2D eigenvalue weighted by atomic mass is 10.0. The number of methoxy groups -OCH3 is 1. The monoisotopic (exact) mass is 508 g/mol. The zero-order valence-corrected chi connectivity index (χ0v) is 20.4. The Bertz CT molecular complexity index is 1440. The van der Waals surface area contributed by atoms with Gasteiger partial charge in [-0.15, -0.1) is 0 Å². The van der Waals surface area contributed by atoms with E-state index in [4.69, 9.17) is 9.47 Å². The molecule has 1 atom stereocenters. The fourth-order valence-corrected chi connectivity index (χ4v) is 4.39. The number of carbonyl (C=O) groups excluding carboxylic acids is 1. The molecular weight excluding hydrogens is 482 g/mol. The molecule has 0 aliphatic carbocycles. The Labute approximate surface area is 211 Å². The second kappa shape index (κ2) is 10.5. The van der Waals surface area contributed by atoms with Crippen molar-refractivity contribution in [2.24, 2.45) is 7.05 Å².